The summed E-state index contributed by atoms with van der Waals surface area (Å²) in [5.41, 5.74) is 0. The number of hydrogen-bond donors (Lipinski definition) is 1. The van der Waals surface area contributed by atoms with Crippen molar-refractivity contribution in [3.63, 3.8) is 0 Å². The first-order valence-electron chi connectivity index (χ1n) is 6.95. The fourth-order valence-corrected chi connectivity index (χ4v) is 3.61. The maximum atomic E-state index is 11.8. The molecule has 1 fully saturated rings. The lowest BCUT2D eigenvalue weighted by Gasteiger charge is -2.46. The van der Waals surface area contributed by atoms with Gasteiger partial charge < -0.3 is 9.74 Å². The number of carbonyl (C=O) groups excluding carboxylic acids is 1. The highest BCUT2D eigenvalue weighted by Gasteiger charge is 2.48. The van der Waals surface area contributed by atoms with Crippen molar-refractivity contribution < 1.29 is 9.22 Å². The SMILES string of the molecule is C#CC(C)[C@H]1NC(=O)[C@@H]1C(C)O[Si](C)(C)C(C)(C)C. The molecule has 0 aromatic heterocycles. The van der Waals surface area contributed by atoms with Gasteiger partial charge in [0.25, 0.3) is 0 Å². The predicted molar refractivity (Wildman–Crippen MR) is 81.2 cm³/mol. The van der Waals surface area contributed by atoms with Gasteiger partial charge in [-0.15, -0.1) is 12.3 Å². The van der Waals surface area contributed by atoms with Gasteiger partial charge in [0, 0.05) is 5.92 Å². The van der Waals surface area contributed by atoms with Crippen LogP contribution in [-0.4, -0.2) is 26.4 Å². The van der Waals surface area contributed by atoms with Gasteiger partial charge in [-0.05, 0) is 32.0 Å². The van der Waals surface area contributed by atoms with Crippen molar-refractivity contribution in [2.24, 2.45) is 11.8 Å². The lowest BCUT2D eigenvalue weighted by atomic mass is 9.79. The van der Waals surface area contributed by atoms with Crippen molar-refractivity contribution in [1.29, 1.82) is 0 Å². The number of amides is 1. The second kappa shape index (κ2) is 5.30. The molecule has 108 valence electrons. The summed E-state index contributed by atoms with van der Waals surface area (Å²) in [7, 11) is -1.85. The second-order valence-corrected chi connectivity index (χ2v) is 11.9. The van der Waals surface area contributed by atoms with Crippen LogP contribution in [0, 0.1) is 24.2 Å². The molecule has 2 unspecified atom stereocenters. The summed E-state index contributed by atoms with van der Waals surface area (Å²) in [5, 5.41) is 3.05. The number of hydrogen-bond acceptors (Lipinski definition) is 2. The lowest BCUT2D eigenvalue weighted by Crippen LogP contribution is -2.65. The Morgan fingerprint density at radius 3 is 2.26 bits per heavy atom. The average molecular weight is 281 g/mol. The minimum absolute atomic E-state index is 0.0492. The fraction of sp³-hybridized carbons (Fsp3) is 0.800. The molecular weight excluding hydrogens is 254 g/mol. The topological polar surface area (TPSA) is 38.3 Å². The molecule has 4 atom stereocenters. The first-order valence-corrected chi connectivity index (χ1v) is 9.86. The minimum atomic E-state index is -1.85. The molecular formula is C15H27NO2Si. The molecule has 1 amide bonds. The predicted octanol–water partition coefficient (Wildman–Crippen LogP) is 2.78. The number of terminal acetylenes is 1. The van der Waals surface area contributed by atoms with Gasteiger partial charge in [-0.25, -0.2) is 0 Å². The third kappa shape index (κ3) is 3.21. The molecule has 1 aliphatic heterocycles. The summed E-state index contributed by atoms with van der Waals surface area (Å²) in [4.78, 5) is 11.8. The van der Waals surface area contributed by atoms with E-state index in [-0.39, 0.29) is 34.9 Å². The number of rotatable bonds is 4. The highest BCUT2D eigenvalue weighted by Crippen LogP contribution is 2.39. The van der Waals surface area contributed by atoms with Crippen LogP contribution in [0.5, 0.6) is 0 Å². The zero-order chi connectivity index (χ0) is 15.0. The molecule has 0 spiro atoms. The summed E-state index contributed by atoms with van der Waals surface area (Å²) >= 11 is 0. The normalized spacial score (nSPS) is 26.9. The van der Waals surface area contributed by atoms with Crippen molar-refractivity contribution in [2.45, 2.75) is 64.9 Å². The Morgan fingerprint density at radius 1 is 1.37 bits per heavy atom. The molecule has 0 aromatic carbocycles. The zero-order valence-electron chi connectivity index (χ0n) is 13.2. The fourth-order valence-electron chi connectivity index (χ4n) is 2.18. The van der Waals surface area contributed by atoms with Crippen LogP contribution in [0.3, 0.4) is 0 Å². The van der Waals surface area contributed by atoms with E-state index in [1.54, 1.807) is 0 Å². The number of β-lactam (4-membered cyclic amide) rings is 1. The van der Waals surface area contributed by atoms with E-state index in [2.05, 4.69) is 45.1 Å². The molecule has 0 radical (unpaired) electrons. The number of carbonyl (C=O) groups is 1. The molecule has 1 heterocycles. The first-order chi connectivity index (χ1) is 8.51. The molecule has 4 heteroatoms. The smallest absolute Gasteiger partial charge is 0.228 e. The molecule has 1 rings (SSSR count). The highest BCUT2D eigenvalue weighted by atomic mass is 28.4. The first kappa shape index (κ1) is 16.3. The van der Waals surface area contributed by atoms with Crippen molar-refractivity contribution >= 4 is 14.2 Å². The van der Waals surface area contributed by atoms with Gasteiger partial charge in [0.15, 0.2) is 8.32 Å². The van der Waals surface area contributed by atoms with Crippen LogP contribution in [0.25, 0.3) is 0 Å². The van der Waals surface area contributed by atoms with Crippen LogP contribution in [-0.2, 0) is 9.22 Å². The van der Waals surface area contributed by atoms with Gasteiger partial charge in [-0.2, -0.15) is 0 Å². The van der Waals surface area contributed by atoms with Crippen LogP contribution in [0.15, 0.2) is 0 Å². The average Bonchev–Trinajstić information content (AvgIpc) is 2.22. The summed E-state index contributed by atoms with van der Waals surface area (Å²) in [6, 6.07) is 0.0530. The van der Waals surface area contributed by atoms with E-state index < -0.39 is 8.32 Å². The zero-order valence-corrected chi connectivity index (χ0v) is 14.2. The van der Waals surface area contributed by atoms with Gasteiger partial charge in [-0.3, -0.25) is 4.79 Å². The Morgan fingerprint density at radius 2 is 1.89 bits per heavy atom. The molecule has 0 saturated carbocycles. The molecule has 1 N–H and O–H groups in total. The van der Waals surface area contributed by atoms with Crippen molar-refractivity contribution in [2.75, 3.05) is 0 Å². The van der Waals surface area contributed by atoms with Gasteiger partial charge in [0.2, 0.25) is 5.91 Å². The molecule has 0 aromatic rings. The Balaban J connectivity index is 2.76. The van der Waals surface area contributed by atoms with Crippen LogP contribution in [0.1, 0.15) is 34.6 Å². The Hall–Kier alpha value is -0.793. The van der Waals surface area contributed by atoms with E-state index >= 15 is 0 Å². The number of nitrogens with one attached hydrogen (secondary N) is 1. The van der Waals surface area contributed by atoms with E-state index in [1.807, 2.05) is 13.8 Å². The van der Waals surface area contributed by atoms with E-state index in [9.17, 15) is 4.79 Å². The van der Waals surface area contributed by atoms with Gasteiger partial charge >= 0.3 is 0 Å². The quantitative estimate of drug-likeness (QED) is 0.489. The van der Waals surface area contributed by atoms with E-state index in [4.69, 9.17) is 10.8 Å². The van der Waals surface area contributed by atoms with Crippen LogP contribution < -0.4 is 5.32 Å². The van der Waals surface area contributed by atoms with E-state index in [0.717, 1.165) is 0 Å². The highest BCUT2D eigenvalue weighted by molar-refractivity contribution is 6.74. The largest absolute Gasteiger partial charge is 0.413 e. The van der Waals surface area contributed by atoms with Crippen molar-refractivity contribution in [3.8, 4) is 12.3 Å². The lowest BCUT2D eigenvalue weighted by molar-refractivity contribution is -0.141. The summed E-state index contributed by atoms with van der Waals surface area (Å²) < 4.78 is 6.31. The molecule has 3 nitrogen and oxygen atoms in total. The summed E-state index contributed by atoms with van der Waals surface area (Å²) in [5.74, 6) is 2.71. The van der Waals surface area contributed by atoms with Crippen LogP contribution in [0.4, 0.5) is 0 Å². The summed E-state index contributed by atoms with van der Waals surface area (Å²) in [6.07, 6.45) is 5.38. The van der Waals surface area contributed by atoms with Crippen molar-refractivity contribution in [3.05, 3.63) is 0 Å². The van der Waals surface area contributed by atoms with Gasteiger partial charge in [-0.1, -0.05) is 20.8 Å². The van der Waals surface area contributed by atoms with Gasteiger partial charge in [0.05, 0.1) is 18.1 Å². The molecule has 1 saturated heterocycles. The standard InChI is InChI=1S/C15H27NO2Si/c1-9-10(2)13-12(14(17)16-13)11(3)18-19(7,8)15(4,5)6/h1,10-13H,2-8H3,(H,16,17)/t10?,11?,12-,13-/m1/s1. The molecule has 19 heavy (non-hydrogen) atoms. The monoisotopic (exact) mass is 281 g/mol. The van der Waals surface area contributed by atoms with Crippen LogP contribution in [0.2, 0.25) is 18.1 Å². The maximum Gasteiger partial charge on any atom is 0.228 e. The second-order valence-electron chi connectivity index (χ2n) is 7.10. The van der Waals surface area contributed by atoms with E-state index in [1.165, 1.54) is 0 Å². The van der Waals surface area contributed by atoms with Crippen LogP contribution >= 0.6 is 0 Å². The summed E-state index contributed by atoms with van der Waals surface area (Å²) in [6.45, 7) is 15.0. The molecule has 0 bridgehead atoms. The minimum Gasteiger partial charge on any atom is -0.413 e. The van der Waals surface area contributed by atoms with Gasteiger partial charge in [0.1, 0.15) is 0 Å². The van der Waals surface area contributed by atoms with E-state index in [0.29, 0.717) is 0 Å². The molecule has 0 aliphatic carbocycles. The molecule has 1 aliphatic rings. The Bertz CT molecular complexity index is 392. The van der Waals surface area contributed by atoms with Crippen molar-refractivity contribution in [1.82, 2.24) is 5.32 Å². The third-order valence-corrected chi connectivity index (χ3v) is 9.17. The Labute approximate surface area is 118 Å². The Kier molecular flexibility index (Phi) is 4.53. The maximum absolute atomic E-state index is 11.8. The third-order valence-electron chi connectivity index (χ3n) is 4.59.